The van der Waals surface area contributed by atoms with E-state index in [4.69, 9.17) is 4.74 Å². The number of aromatic nitrogens is 1. The molecule has 0 aliphatic carbocycles. The van der Waals surface area contributed by atoms with Gasteiger partial charge in [-0.05, 0) is 35.9 Å². The molecule has 2 heterocycles. The summed E-state index contributed by atoms with van der Waals surface area (Å²) in [4.78, 5) is 6.18. The maximum atomic E-state index is 13.2. The minimum atomic E-state index is -0.201. The van der Waals surface area contributed by atoms with Gasteiger partial charge in [-0.1, -0.05) is 15.9 Å². The van der Waals surface area contributed by atoms with Crippen LogP contribution in [0.2, 0.25) is 0 Å². The van der Waals surface area contributed by atoms with Crippen molar-refractivity contribution in [2.75, 3.05) is 13.1 Å². The molecule has 1 aliphatic heterocycles. The molecule has 0 atom stereocenters. The first kappa shape index (κ1) is 13.5. The second-order valence-corrected chi connectivity index (χ2v) is 5.71. The monoisotopic (exact) mass is 336 g/mol. The third-order valence-corrected chi connectivity index (χ3v) is 4.05. The number of rotatable bonds is 4. The fraction of sp³-hybridized carbons (Fsp3) is 0.267. The molecule has 0 radical (unpaired) electrons. The normalized spacial score (nSPS) is 15.9. The van der Waals surface area contributed by atoms with E-state index in [-0.39, 0.29) is 11.9 Å². The molecule has 5 heteroatoms. The minimum Gasteiger partial charge on any atom is -0.488 e. The van der Waals surface area contributed by atoms with E-state index < -0.39 is 0 Å². The van der Waals surface area contributed by atoms with Gasteiger partial charge in [0.25, 0.3) is 0 Å². The van der Waals surface area contributed by atoms with Gasteiger partial charge in [0.2, 0.25) is 0 Å². The van der Waals surface area contributed by atoms with E-state index >= 15 is 0 Å². The SMILES string of the molecule is Fc1ccc(Br)c(CN2CC(Oc3ccncc3)C2)c1. The van der Waals surface area contributed by atoms with Gasteiger partial charge < -0.3 is 4.74 Å². The molecular weight excluding hydrogens is 323 g/mol. The zero-order chi connectivity index (χ0) is 13.9. The average Bonchev–Trinajstić information content (AvgIpc) is 2.41. The van der Waals surface area contributed by atoms with Crippen molar-refractivity contribution in [1.82, 2.24) is 9.88 Å². The molecule has 1 aromatic heterocycles. The van der Waals surface area contributed by atoms with Gasteiger partial charge in [-0.2, -0.15) is 0 Å². The van der Waals surface area contributed by atoms with Gasteiger partial charge in [-0.25, -0.2) is 4.39 Å². The van der Waals surface area contributed by atoms with Crippen molar-refractivity contribution in [1.29, 1.82) is 0 Å². The van der Waals surface area contributed by atoms with Gasteiger partial charge in [0.05, 0.1) is 0 Å². The number of hydrogen-bond donors (Lipinski definition) is 0. The minimum absolute atomic E-state index is 0.199. The van der Waals surface area contributed by atoms with Gasteiger partial charge >= 0.3 is 0 Å². The van der Waals surface area contributed by atoms with Crippen molar-refractivity contribution in [2.45, 2.75) is 12.6 Å². The number of halogens is 2. The summed E-state index contributed by atoms with van der Waals surface area (Å²) in [5.41, 5.74) is 0.965. The Morgan fingerprint density at radius 2 is 2.00 bits per heavy atom. The topological polar surface area (TPSA) is 25.4 Å². The van der Waals surface area contributed by atoms with Crippen LogP contribution in [0.15, 0.2) is 47.2 Å². The summed E-state index contributed by atoms with van der Waals surface area (Å²) in [6.07, 6.45) is 3.63. The molecule has 20 heavy (non-hydrogen) atoms. The largest absolute Gasteiger partial charge is 0.488 e. The highest BCUT2D eigenvalue weighted by atomic mass is 79.9. The van der Waals surface area contributed by atoms with Crippen molar-refractivity contribution >= 4 is 15.9 Å². The highest BCUT2D eigenvalue weighted by molar-refractivity contribution is 9.10. The van der Waals surface area contributed by atoms with Crippen LogP contribution in [-0.4, -0.2) is 29.1 Å². The van der Waals surface area contributed by atoms with E-state index in [1.54, 1.807) is 24.5 Å². The molecule has 104 valence electrons. The molecule has 0 spiro atoms. The molecule has 1 fully saturated rings. The molecular formula is C15H14BrFN2O. The lowest BCUT2D eigenvalue weighted by Crippen LogP contribution is -2.53. The summed E-state index contributed by atoms with van der Waals surface area (Å²) in [5.74, 6) is 0.643. The van der Waals surface area contributed by atoms with Crippen LogP contribution in [0.1, 0.15) is 5.56 Å². The average molecular weight is 337 g/mol. The Bertz CT molecular complexity index is 588. The second-order valence-electron chi connectivity index (χ2n) is 4.85. The van der Waals surface area contributed by atoms with Gasteiger partial charge in [0, 0.05) is 36.5 Å². The molecule has 2 aromatic rings. The molecule has 1 aromatic carbocycles. The van der Waals surface area contributed by atoms with E-state index in [2.05, 4.69) is 25.8 Å². The standard InChI is InChI=1S/C15H14BrFN2O/c16-15-2-1-12(17)7-11(15)8-19-9-14(10-19)20-13-3-5-18-6-4-13/h1-7,14H,8-10H2. The van der Waals surface area contributed by atoms with Crippen LogP contribution in [0.25, 0.3) is 0 Å². The van der Waals surface area contributed by atoms with Crippen molar-refractivity contribution in [3.63, 3.8) is 0 Å². The molecule has 0 N–H and O–H groups in total. The fourth-order valence-electron chi connectivity index (χ4n) is 2.24. The van der Waals surface area contributed by atoms with Crippen LogP contribution >= 0.6 is 15.9 Å². The highest BCUT2D eigenvalue weighted by Crippen LogP contribution is 2.23. The zero-order valence-electron chi connectivity index (χ0n) is 10.8. The lowest BCUT2D eigenvalue weighted by molar-refractivity contribution is 0.0143. The maximum absolute atomic E-state index is 13.2. The van der Waals surface area contributed by atoms with E-state index in [0.717, 1.165) is 35.4 Å². The van der Waals surface area contributed by atoms with Crippen molar-refractivity contribution < 1.29 is 9.13 Å². The molecule has 3 nitrogen and oxygen atoms in total. The van der Waals surface area contributed by atoms with Gasteiger partial charge in [0.15, 0.2) is 0 Å². The number of benzene rings is 1. The summed E-state index contributed by atoms with van der Waals surface area (Å²) in [5, 5.41) is 0. The fourth-order valence-corrected chi connectivity index (χ4v) is 2.61. The molecule has 3 rings (SSSR count). The summed E-state index contributed by atoms with van der Waals surface area (Å²) in [6.45, 7) is 2.44. The van der Waals surface area contributed by atoms with E-state index in [0.29, 0.717) is 0 Å². The third-order valence-electron chi connectivity index (χ3n) is 3.28. The van der Waals surface area contributed by atoms with Crippen molar-refractivity contribution in [3.05, 3.63) is 58.6 Å². The van der Waals surface area contributed by atoms with Crippen LogP contribution in [0.3, 0.4) is 0 Å². The Hall–Kier alpha value is -1.46. The molecule has 0 bridgehead atoms. The van der Waals surface area contributed by atoms with E-state index in [9.17, 15) is 4.39 Å². The number of nitrogens with zero attached hydrogens (tertiary/aromatic N) is 2. The molecule has 0 saturated carbocycles. The Morgan fingerprint density at radius 1 is 1.25 bits per heavy atom. The second kappa shape index (κ2) is 5.89. The third kappa shape index (κ3) is 3.16. The van der Waals surface area contributed by atoms with Crippen molar-refractivity contribution in [3.8, 4) is 5.75 Å². The van der Waals surface area contributed by atoms with Gasteiger partial charge in [0.1, 0.15) is 17.7 Å². The van der Waals surface area contributed by atoms with Gasteiger partial charge in [-0.15, -0.1) is 0 Å². The summed E-state index contributed by atoms with van der Waals surface area (Å²) in [7, 11) is 0. The molecule has 0 amide bonds. The highest BCUT2D eigenvalue weighted by Gasteiger charge is 2.28. The molecule has 0 unspecified atom stereocenters. The van der Waals surface area contributed by atoms with Crippen LogP contribution in [0, 0.1) is 5.82 Å². The smallest absolute Gasteiger partial charge is 0.124 e. The summed E-state index contributed by atoms with van der Waals surface area (Å²) in [6, 6.07) is 8.48. The Balaban J connectivity index is 1.52. The van der Waals surface area contributed by atoms with Crippen LogP contribution in [-0.2, 0) is 6.54 Å². The van der Waals surface area contributed by atoms with Crippen LogP contribution in [0.5, 0.6) is 5.75 Å². The Morgan fingerprint density at radius 3 is 2.75 bits per heavy atom. The number of hydrogen-bond acceptors (Lipinski definition) is 3. The van der Waals surface area contributed by atoms with E-state index in [1.165, 1.54) is 6.07 Å². The predicted octanol–water partition coefficient (Wildman–Crippen LogP) is 3.25. The predicted molar refractivity (Wildman–Crippen MR) is 78.0 cm³/mol. The Kier molecular flexibility index (Phi) is 3.98. The molecule has 1 saturated heterocycles. The van der Waals surface area contributed by atoms with Crippen LogP contribution in [0.4, 0.5) is 4.39 Å². The van der Waals surface area contributed by atoms with Crippen LogP contribution < -0.4 is 4.74 Å². The van der Waals surface area contributed by atoms with E-state index in [1.807, 2.05) is 12.1 Å². The first-order valence-electron chi connectivity index (χ1n) is 6.43. The van der Waals surface area contributed by atoms with Crippen molar-refractivity contribution in [2.24, 2.45) is 0 Å². The maximum Gasteiger partial charge on any atom is 0.124 e. The number of ether oxygens (including phenoxy) is 1. The quantitative estimate of drug-likeness (QED) is 0.856. The zero-order valence-corrected chi connectivity index (χ0v) is 12.4. The Labute approximate surface area is 125 Å². The number of likely N-dealkylation sites (tertiary alicyclic amines) is 1. The first-order valence-corrected chi connectivity index (χ1v) is 7.23. The lowest BCUT2D eigenvalue weighted by atomic mass is 10.1. The number of pyridine rings is 1. The first-order chi connectivity index (χ1) is 9.70. The van der Waals surface area contributed by atoms with Gasteiger partial charge in [-0.3, -0.25) is 9.88 Å². The molecule has 1 aliphatic rings. The summed E-state index contributed by atoms with van der Waals surface area (Å²) >= 11 is 3.45. The summed E-state index contributed by atoms with van der Waals surface area (Å²) < 4.78 is 20.0. The lowest BCUT2D eigenvalue weighted by Gasteiger charge is -2.39.